The third-order valence-corrected chi connectivity index (χ3v) is 3.79. The molecule has 2 rings (SSSR count). The number of anilines is 1. The zero-order valence-electron chi connectivity index (χ0n) is 8.49. The van der Waals surface area contributed by atoms with Gasteiger partial charge in [0.05, 0.1) is 11.3 Å². The first-order valence-electron chi connectivity index (χ1n) is 4.91. The van der Waals surface area contributed by atoms with Gasteiger partial charge in [0.1, 0.15) is 0 Å². The lowest BCUT2D eigenvalue weighted by Gasteiger charge is -2.10. The van der Waals surface area contributed by atoms with Crippen LogP contribution >= 0.6 is 11.8 Å². The average molecular weight is 223 g/mol. The number of aromatic carboxylic acids is 1. The van der Waals surface area contributed by atoms with Crippen LogP contribution in [0.1, 0.15) is 17.3 Å². The van der Waals surface area contributed by atoms with Crippen molar-refractivity contribution in [3.8, 4) is 0 Å². The van der Waals surface area contributed by atoms with E-state index in [4.69, 9.17) is 5.11 Å². The highest BCUT2D eigenvalue weighted by Gasteiger charge is 2.18. The largest absolute Gasteiger partial charge is 0.478 e. The van der Waals surface area contributed by atoms with Gasteiger partial charge in [-0.1, -0.05) is 13.0 Å². The number of fused-ring (bicyclic) bond motifs is 1. The van der Waals surface area contributed by atoms with Crippen molar-refractivity contribution in [3.63, 3.8) is 0 Å². The van der Waals surface area contributed by atoms with Gasteiger partial charge in [0, 0.05) is 17.2 Å². The third kappa shape index (κ3) is 2.09. The summed E-state index contributed by atoms with van der Waals surface area (Å²) < 4.78 is 0. The highest BCUT2D eigenvalue weighted by atomic mass is 32.2. The van der Waals surface area contributed by atoms with E-state index in [1.54, 1.807) is 23.9 Å². The van der Waals surface area contributed by atoms with Gasteiger partial charge in [-0.3, -0.25) is 0 Å². The molecule has 1 aromatic rings. The van der Waals surface area contributed by atoms with E-state index in [1.807, 2.05) is 6.07 Å². The zero-order valence-corrected chi connectivity index (χ0v) is 9.30. The number of carbonyl (C=O) groups is 1. The van der Waals surface area contributed by atoms with E-state index < -0.39 is 5.97 Å². The maximum atomic E-state index is 11.0. The number of para-hydroxylation sites is 1. The van der Waals surface area contributed by atoms with Gasteiger partial charge in [0.15, 0.2) is 0 Å². The van der Waals surface area contributed by atoms with Crippen LogP contribution in [-0.4, -0.2) is 23.4 Å². The molecule has 0 aliphatic carbocycles. The summed E-state index contributed by atoms with van der Waals surface area (Å²) in [6.07, 6.45) is 0. The molecule has 0 amide bonds. The van der Waals surface area contributed by atoms with Crippen LogP contribution in [0.3, 0.4) is 0 Å². The lowest BCUT2D eigenvalue weighted by molar-refractivity contribution is 0.0697. The van der Waals surface area contributed by atoms with Gasteiger partial charge in [-0.05, 0) is 18.1 Å². The highest BCUT2D eigenvalue weighted by molar-refractivity contribution is 7.99. The summed E-state index contributed by atoms with van der Waals surface area (Å²) in [6.45, 7) is 3.00. The molecule has 0 aromatic heterocycles. The fourth-order valence-corrected chi connectivity index (χ4v) is 2.66. The Bertz CT molecular complexity index is 392. The van der Waals surface area contributed by atoms with Crippen LogP contribution in [0.15, 0.2) is 23.1 Å². The van der Waals surface area contributed by atoms with Crippen LogP contribution < -0.4 is 5.32 Å². The molecule has 0 bridgehead atoms. The predicted molar refractivity (Wildman–Crippen MR) is 61.8 cm³/mol. The van der Waals surface area contributed by atoms with E-state index >= 15 is 0 Å². The molecule has 1 unspecified atom stereocenters. The summed E-state index contributed by atoms with van der Waals surface area (Å²) in [5.74, 6) is 0.724. The monoisotopic (exact) mass is 223 g/mol. The summed E-state index contributed by atoms with van der Waals surface area (Å²) in [4.78, 5) is 12.1. The standard InChI is InChI=1S/C11H13NO2S/c1-7-5-12-10-8(11(13)14)3-2-4-9(10)15-6-7/h2-4,7,12H,5-6H2,1H3,(H,13,14). The van der Waals surface area contributed by atoms with Gasteiger partial charge in [-0.15, -0.1) is 11.8 Å². The highest BCUT2D eigenvalue weighted by Crippen LogP contribution is 2.34. The summed E-state index contributed by atoms with van der Waals surface area (Å²) in [5, 5.41) is 12.3. The first-order valence-corrected chi connectivity index (χ1v) is 5.90. The molecule has 1 heterocycles. The lowest BCUT2D eigenvalue weighted by Crippen LogP contribution is -2.12. The number of carboxylic acids is 1. The maximum absolute atomic E-state index is 11.0. The molecule has 15 heavy (non-hydrogen) atoms. The predicted octanol–water partition coefficient (Wildman–Crippen LogP) is 2.54. The summed E-state index contributed by atoms with van der Waals surface area (Å²) in [5.41, 5.74) is 1.15. The number of hydrogen-bond acceptors (Lipinski definition) is 3. The van der Waals surface area contributed by atoms with E-state index in [0.717, 1.165) is 22.9 Å². The average Bonchev–Trinajstić information content (AvgIpc) is 2.40. The zero-order chi connectivity index (χ0) is 10.8. The van der Waals surface area contributed by atoms with Gasteiger partial charge in [0.2, 0.25) is 0 Å². The lowest BCUT2D eigenvalue weighted by atomic mass is 10.1. The van der Waals surface area contributed by atoms with Crippen molar-refractivity contribution in [2.45, 2.75) is 11.8 Å². The second kappa shape index (κ2) is 4.14. The molecule has 0 spiro atoms. The van der Waals surface area contributed by atoms with Crippen molar-refractivity contribution in [3.05, 3.63) is 23.8 Å². The Morgan fingerprint density at radius 1 is 1.60 bits per heavy atom. The van der Waals surface area contributed by atoms with Crippen LogP contribution in [-0.2, 0) is 0 Å². The third-order valence-electron chi connectivity index (χ3n) is 2.41. The number of carboxylic acid groups (broad SMARTS) is 1. The molecule has 4 heteroatoms. The van der Waals surface area contributed by atoms with Gasteiger partial charge >= 0.3 is 5.97 Å². The van der Waals surface area contributed by atoms with Crippen molar-refractivity contribution >= 4 is 23.4 Å². The second-order valence-electron chi connectivity index (χ2n) is 3.78. The van der Waals surface area contributed by atoms with E-state index in [9.17, 15) is 4.79 Å². The summed E-state index contributed by atoms with van der Waals surface area (Å²) in [6, 6.07) is 5.41. The van der Waals surface area contributed by atoms with Gasteiger partial charge in [-0.2, -0.15) is 0 Å². The molecule has 80 valence electrons. The quantitative estimate of drug-likeness (QED) is 0.768. The Kier molecular flexibility index (Phi) is 2.86. The van der Waals surface area contributed by atoms with E-state index in [1.165, 1.54) is 0 Å². The minimum absolute atomic E-state index is 0.370. The number of hydrogen-bond donors (Lipinski definition) is 2. The molecule has 1 aliphatic heterocycles. The van der Waals surface area contributed by atoms with Gasteiger partial charge < -0.3 is 10.4 Å². The Morgan fingerprint density at radius 3 is 3.13 bits per heavy atom. The Balaban J connectivity index is 2.42. The Labute approximate surface area is 92.9 Å². The number of benzene rings is 1. The fourth-order valence-electron chi connectivity index (χ4n) is 1.58. The second-order valence-corrected chi connectivity index (χ2v) is 4.84. The molecular formula is C11H13NO2S. The molecule has 1 aliphatic rings. The van der Waals surface area contributed by atoms with Crippen molar-refractivity contribution in [2.75, 3.05) is 17.6 Å². The van der Waals surface area contributed by atoms with Gasteiger partial charge in [-0.25, -0.2) is 4.79 Å². The Morgan fingerprint density at radius 2 is 2.40 bits per heavy atom. The van der Waals surface area contributed by atoms with E-state index in [2.05, 4.69) is 12.2 Å². The van der Waals surface area contributed by atoms with Crippen molar-refractivity contribution in [1.82, 2.24) is 0 Å². The minimum Gasteiger partial charge on any atom is -0.478 e. The van der Waals surface area contributed by atoms with E-state index in [0.29, 0.717) is 11.5 Å². The molecule has 1 aromatic carbocycles. The smallest absolute Gasteiger partial charge is 0.337 e. The summed E-state index contributed by atoms with van der Waals surface area (Å²) >= 11 is 1.72. The van der Waals surface area contributed by atoms with E-state index in [-0.39, 0.29) is 0 Å². The van der Waals surface area contributed by atoms with Gasteiger partial charge in [0.25, 0.3) is 0 Å². The summed E-state index contributed by atoms with van der Waals surface area (Å²) in [7, 11) is 0. The number of nitrogens with one attached hydrogen (secondary N) is 1. The molecule has 0 fully saturated rings. The van der Waals surface area contributed by atoms with Crippen molar-refractivity contribution in [2.24, 2.45) is 5.92 Å². The van der Waals surface area contributed by atoms with Crippen LogP contribution in [0.25, 0.3) is 0 Å². The number of rotatable bonds is 1. The molecule has 2 N–H and O–H groups in total. The van der Waals surface area contributed by atoms with Crippen molar-refractivity contribution in [1.29, 1.82) is 0 Å². The van der Waals surface area contributed by atoms with Crippen molar-refractivity contribution < 1.29 is 9.90 Å². The first-order chi connectivity index (χ1) is 7.18. The molecule has 3 nitrogen and oxygen atoms in total. The fraction of sp³-hybridized carbons (Fsp3) is 0.364. The molecule has 0 radical (unpaired) electrons. The minimum atomic E-state index is -0.866. The number of thioether (sulfide) groups is 1. The van der Waals surface area contributed by atoms with Crippen LogP contribution in [0.5, 0.6) is 0 Å². The van der Waals surface area contributed by atoms with Crippen LogP contribution in [0.2, 0.25) is 0 Å². The first kappa shape index (κ1) is 10.4. The normalized spacial score (nSPS) is 19.9. The molecule has 0 saturated heterocycles. The molecular weight excluding hydrogens is 210 g/mol. The molecule has 0 saturated carbocycles. The van der Waals surface area contributed by atoms with Crippen LogP contribution in [0.4, 0.5) is 5.69 Å². The molecule has 1 atom stereocenters. The topological polar surface area (TPSA) is 49.3 Å². The Hall–Kier alpha value is -1.16. The SMILES string of the molecule is CC1CNc2c(cccc2C(=O)O)SC1. The maximum Gasteiger partial charge on any atom is 0.337 e. The van der Waals surface area contributed by atoms with Crippen LogP contribution in [0, 0.1) is 5.92 Å².